The predicted octanol–water partition coefficient (Wildman–Crippen LogP) is -4.38. The number of carbonyl (C=O) groups is 2. The average Bonchev–Trinajstić information content (AvgIpc) is 2.23. The van der Waals surface area contributed by atoms with E-state index in [0.717, 1.165) is 0 Å². The third-order valence-electron chi connectivity index (χ3n) is 1.54. The number of Topliss-reactive ketones (excluding diaryl/α,β-unsaturated/α-hetero) is 1. The molecule has 0 rings (SSSR count). The molecular weight excluding hydrogens is 196 g/mol. The van der Waals surface area contributed by atoms with Gasteiger partial charge in [-0.15, -0.1) is 0 Å². The van der Waals surface area contributed by atoms with E-state index < -0.39 is 36.6 Å². The van der Waals surface area contributed by atoms with E-state index in [4.69, 9.17) is 20.4 Å². The first-order valence-corrected chi connectivity index (χ1v) is 3.64. The first-order chi connectivity index (χ1) is 6.45. The highest BCUT2D eigenvalue weighted by Gasteiger charge is 2.33. The lowest BCUT2D eigenvalue weighted by Crippen LogP contribution is -2.51. The van der Waals surface area contributed by atoms with Crippen LogP contribution in [0, 0.1) is 0 Å². The SMILES string of the molecule is NNC(=O)[C@@H](O)[C@H](O)[C@@H](O)C(=O)CO. The summed E-state index contributed by atoms with van der Waals surface area (Å²) in [5, 5.41) is 35.3. The highest BCUT2D eigenvalue weighted by Crippen LogP contribution is 2.01. The summed E-state index contributed by atoms with van der Waals surface area (Å²) in [6.45, 7) is -1.00. The molecule has 0 aromatic heterocycles. The van der Waals surface area contributed by atoms with Gasteiger partial charge in [0.1, 0.15) is 18.8 Å². The van der Waals surface area contributed by atoms with Gasteiger partial charge in [-0.2, -0.15) is 0 Å². The lowest BCUT2D eigenvalue weighted by atomic mass is 10.0. The van der Waals surface area contributed by atoms with Crippen LogP contribution in [-0.2, 0) is 9.59 Å². The van der Waals surface area contributed by atoms with Gasteiger partial charge in [0.15, 0.2) is 11.9 Å². The number of rotatable bonds is 5. The first kappa shape index (κ1) is 12.9. The van der Waals surface area contributed by atoms with E-state index in [2.05, 4.69) is 5.84 Å². The standard InChI is InChI=1S/C6H12N2O6/c7-8-6(14)5(13)4(12)3(11)2(10)1-9/h3-5,9,11-13H,1,7H2,(H,8,14)/t3-,4+,5-/m0/s1. The molecule has 0 aliphatic rings. The maximum atomic E-state index is 10.6. The molecule has 1 amide bonds. The number of aliphatic hydroxyl groups excluding tert-OH is 4. The second-order valence-corrected chi connectivity index (χ2v) is 2.51. The Hall–Kier alpha value is -1.06. The largest absolute Gasteiger partial charge is 0.388 e. The molecule has 0 radical (unpaired) electrons. The third-order valence-corrected chi connectivity index (χ3v) is 1.54. The minimum Gasteiger partial charge on any atom is -0.388 e. The van der Waals surface area contributed by atoms with Crippen LogP contribution < -0.4 is 11.3 Å². The normalized spacial score (nSPS) is 16.9. The molecule has 3 atom stereocenters. The molecule has 7 N–H and O–H groups in total. The van der Waals surface area contributed by atoms with Gasteiger partial charge in [-0.05, 0) is 0 Å². The Morgan fingerprint density at radius 3 is 2.07 bits per heavy atom. The number of hydrogen-bond donors (Lipinski definition) is 6. The Balaban J connectivity index is 4.37. The summed E-state index contributed by atoms with van der Waals surface area (Å²) in [5.74, 6) is 2.37. The smallest absolute Gasteiger partial charge is 0.265 e. The Labute approximate surface area is 78.9 Å². The summed E-state index contributed by atoms with van der Waals surface area (Å²) >= 11 is 0. The van der Waals surface area contributed by atoms with Crippen molar-refractivity contribution in [1.29, 1.82) is 0 Å². The quantitative estimate of drug-likeness (QED) is 0.151. The van der Waals surface area contributed by atoms with Crippen molar-refractivity contribution in [3.05, 3.63) is 0 Å². The van der Waals surface area contributed by atoms with Crippen LogP contribution in [0.3, 0.4) is 0 Å². The van der Waals surface area contributed by atoms with Gasteiger partial charge in [0.2, 0.25) is 0 Å². The Bertz CT molecular complexity index is 198. The minimum absolute atomic E-state index is 1.00. The van der Waals surface area contributed by atoms with Crippen LogP contribution in [-0.4, -0.2) is 57.0 Å². The van der Waals surface area contributed by atoms with E-state index in [1.807, 2.05) is 0 Å². The van der Waals surface area contributed by atoms with Gasteiger partial charge in [0.25, 0.3) is 5.91 Å². The molecule has 0 bridgehead atoms. The molecule has 8 nitrogen and oxygen atoms in total. The molecule has 0 heterocycles. The maximum Gasteiger partial charge on any atom is 0.265 e. The summed E-state index contributed by atoms with van der Waals surface area (Å²) in [4.78, 5) is 21.3. The van der Waals surface area contributed by atoms with Crippen LogP contribution in [0.1, 0.15) is 0 Å². The number of hydrazine groups is 1. The molecule has 0 saturated heterocycles. The molecule has 0 unspecified atom stereocenters. The van der Waals surface area contributed by atoms with E-state index in [9.17, 15) is 9.59 Å². The van der Waals surface area contributed by atoms with Crippen LogP contribution in [0.15, 0.2) is 0 Å². The molecule has 0 aliphatic heterocycles. The monoisotopic (exact) mass is 208 g/mol. The molecule has 0 fully saturated rings. The number of carbonyl (C=O) groups excluding carboxylic acids is 2. The third kappa shape index (κ3) is 3.01. The Morgan fingerprint density at radius 1 is 1.21 bits per heavy atom. The maximum absolute atomic E-state index is 10.6. The second kappa shape index (κ2) is 5.62. The van der Waals surface area contributed by atoms with Crippen LogP contribution in [0.4, 0.5) is 0 Å². The zero-order chi connectivity index (χ0) is 11.3. The number of amides is 1. The molecule has 0 aromatic rings. The van der Waals surface area contributed by atoms with Crippen molar-refractivity contribution in [3.8, 4) is 0 Å². The van der Waals surface area contributed by atoms with Crippen LogP contribution in [0.25, 0.3) is 0 Å². The van der Waals surface area contributed by atoms with Gasteiger partial charge < -0.3 is 20.4 Å². The fraction of sp³-hybridized carbons (Fsp3) is 0.667. The predicted molar refractivity (Wildman–Crippen MR) is 42.4 cm³/mol. The molecule has 82 valence electrons. The molecule has 0 spiro atoms. The van der Waals surface area contributed by atoms with Gasteiger partial charge in [-0.25, -0.2) is 5.84 Å². The number of nitrogens with one attached hydrogen (secondary N) is 1. The van der Waals surface area contributed by atoms with Gasteiger partial charge in [-0.1, -0.05) is 0 Å². The van der Waals surface area contributed by atoms with Gasteiger partial charge >= 0.3 is 0 Å². The van der Waals surface area contributed by atoms with E-state index in [-0.39, 0.29) is 0 Å². The zero-order valence-corrected chi connectivity index (χ0v) is 7.12. The van der Waals surface area contributed by atoms with Crippen molar-refractivity contribution >= 4 is 11.7 Å². The summed E-state index contributed by atoms with van der Waals surface area (Å²) < 4.78 is 0. The highest BCUT2D eigenvalue weighted by atomic mass is 16.4. The van der Waals surface area contributed by atoms with E-state index >= 15 is 0 Å². The molecule has 8 heteroatoms. The van der Waals surface area contributed by atoms with Crippen LogP contribution in [0.2, 0.25) is 0 Å². The van der Waals surface area contributed by atoms with Gasteiger partial charge in [-0.3, -0.25) is 15.0 Å². The summed E-state index contributed by atoms with van der Waals surface area (Å²) in [6, 6.07) is 0. The topological polar surface area (TPSA) is 153 Å². The second-order valence-electron chi connectivity index (χ2n) is 2.51. The van der Waals surface area contributed by atoms with E-state index in [0.29, 0.717) is 0 Å². The average molecular weight is 208 g/mol. The highest BCUT2D eigenvalue weighted by molar-refractivity contribution is 5.87. The van der Waals surface area contributed by atoms with Crippen molar-refractivity contribution < 1.29 is 30.0 Å². The van der Waals surface area contributed by atoms with E-state index in [1.165, 1.54) is 5.43 Å². The molecule has 0 aromatic carbocycles. The van der Waals surface area contributed by atoms with Gasteiger partial charge in [0, 0.05) is 0 Å². The van der Waals surface area contributed by atoms with Crippen molar-refractivity contribution in [1.82, 2.24) is 5.43 Å². The van der Waals surface area contributed by atoms with Crippen molar-refractivity contribution in [2.75, 3.05) is 6.61 Å². The lowest BCUT2D eigenvalue weighted by molar-refractivity contribution is -0.149. The Morgan fingerprint density at radius 2 is 1.71 bits per heavy atom. The summed E-state index contributed by atoms with van der Waals surface area (Å²) in [7, 11) is 0. The zero-order valence-electron chi connectivity index (χ0n) is 7.12. The van der Waals surface area contributed by atoms with Crippen LogP contribution in [0.5, 0.6) is 0 Å². The van der Waals surface area contributed by atoms with E-state index in [1.54, 1.807) is 0 Å². The number of hydrogen-bond acceptors (Lipinski definition) is 7. The van der Waals surface area contributed by atoms with Crippen molar-refractivity contribution in [3.63, 3.8) is 0 Å². The van der Waals surface area contributed by atoms with Crippen molar-refractivity contribution in [2.45, 2.75) is 18.3 Å². The van der Waals surface area contributed by atoms with Crippen LogP contribution >= 0.6 is 0 Å². The summed E-state index contributed by atoms with van der Waals surface area (Å²) in [5.41, 5.74) is 1.52. The molecule has 0 aliphatic carbocycles. The molecular formula is C6H12N2O6. The number of aliphatic hydroxyl groups is 4. The Kier molecular flexibility index (Phi) is 5.20. The lowest BCUT2D eigenvalue weighted by Gasteiger charge is -2.19. The molecule has 0 saturated carbocycles. The minimum atomic E-state index is -2.04. The first-order valence-electron chi connectivity index (χ1n) is 3.64. The number of nitrogens with two attached hydrogens (primary N) is 1. The fourth-order valence-corrected chi connectivity index (χ4v) is 0.697. The van der Waals surface area contributed by atoms with Crippen molar-refractivity contribution in [2.24, 2.45) is 5.84 Å². The summed E-state index contributed by atoms with van der Waals surface area (Å²) in [6.07, 6.45) is -6.10. The van der Waals surface area contributed by atoms with Gasteiger partial charge in [0.05, 0.1) is 0 Å². The number of ketones is 1. The molecule has 14 heavy (non-hydrogen) atoms. The fourth-order valence-electron chi connectivity index (χ4n) is 0.697.